The van der Waals surface area contributed by atoms with E-state index in [1.54, 1.807) is 0 Å². The van der Waals surface area contributed by atoms with Crippen LogP contribution in [0.2, 0.25) is 0 Å². The van der Waals surface area contributed by atoms with Crippen molar-refractivity contribution in [1.29, 1.82) is 0 Å². The third-order valence-electron chi connectivity index (χ3n) is 2.65. The van der Waals surface area contributed by atoms with Crippen LogP contribution in [0.3, 0.4) is 0 Å². The molecule has 0 aliphatic carbocycles. The predicted octanol–water partition coefficient (Wildman–Crippen LogP) is 0.573. The van der Waals surface area contributed by atoms with Gasteiger partial charge in [-0.1, -0.05) is 13.3 Å². The van der Waals surface area contributed by atoms with E-state index >= 15 is 0 Å². The maximum Gasteiger partial charge on any atom is 0.214 e. The fourth-order valence-corrected chi connectivity index (χ4v) is 3.72. The molecular formula is C9H19NO3S. The van der Waals surface area contributed by atoms with Crippen LogP contribution in [0.15, 0.2) is 0 Å². The average molecular weight is 221 g/mol. The first-order chi connectivity index (χ1) is 6.61. The Morgan fingerprint density at radius 1 is 1.50 bits per heavy atom. The molecule has 0 radical (unpaired) electrons. The Balaban J connectivity index is 2.61. The van der Waals surface area contributed by atoms with Crippen molar-refractivity contribution in [1.82, 2.24) is 4.31 Å². The van der Waals surface area contributed by atoms with Crippen LogP contribution in [0.5, 0.6) is 0 Å². The highest BCUT2D eigenvalue weighted by Gasteiger charge is 2.32. The van der Waals surface area contributed by atoms with Gasteiger partial charge < -0.3 is 5.11 Å². The van der Waals surface area contributed by atoms with Gasteiger partial charge in [-0.25, -0.2) is 8.42 Å². The highest BCUT2D eigenvalue weighted by Crippen LogP contribution is 2.21. The van der Waals surface area contributed by atoms with Crippen molar-refractivity contribution in [3.8, 4) is 0 Å². The fourth-order valence-electron chi connectivity index (χ4n) is 1.80. The molecule has 0 aromatic rings. The van der Waals surface area contributed by atoms with E-state index in [1.807, 2.05) is 6.92 Å². The van der Waals surface area contributed by atoms with Crippen LogP contribution < -0.4 is 0 Å². The van der Waals surface area contributed by atoms with Crippen molar-refractivity contribution in [2.24, 2.45) is 0 Å². The minimum Gasteiger partial charge on any atom is -0.395 e. The summed E-state index contributed by atoms with van der Waals surface area (Å²) in [6.45, 7) is 2.51. The van der Waals surface area contributed by atoms with Crippen molar-refractivity contribution < 1.29 is 13.5 Å². The summed E-state index contributed by atoms with van der Waals surface area (Å²) >= 11 is 0. The maximum absolute atomic E-state index is 11.8. The molecule has 0 amide bonds. The van der Waals surface area contributed by atoms with Gasteiger partial charge in [-0.05, 0) is 19.3 Å². The summed E-state index contributed by atoms with van der Waals surface area (Å²) in [5, 5.41) is 9.02. The summed E-state index contributed by atoms with van der Waals surface area (Å²) in [5.74, 6) is 0.222. The average Bonchev–Trinajstić information content (AvgIpc) is 2.63. The Hall–Kier alpha value is -0.130. The van der Waals surface area contributed by atoms with Crippen LogP contribution in [0, 0.1) is 0 Å². The number of aliphatic hydroxyl groups is 1. The number of hydrogen-bond acceptors (Lipinski definition) is 3. The van der Waals surface area contributed by atoms with Crippen LogP contribution in [-0.4, -0.2) is 42.8 Å². The lowest BCUT2D eigenvalue weighted by molar-refractivity contribution is 0.213. The van der Waals surface area contributed by atoms with Gasteiger partial charge in [-0.2, -0.15) is 4.31 Å². The summed E-state index contributed by atoms with van der Waals surface area (Å²) in [6, 6.07) is -0.170. The lowest BCUT2D eigenvalue weighted by atomic mass is 10.2. The van der Waals surface area contributed by atoms with Gasteiger partial charge in [0.1, 0.15) is 0 Å². The van der Waals surface area contributed by atoms with Gasteiger partial charge in [0, 0.05) is 12.6 Å². The smallest absolute Gasteiger partial charge is 0.214 e. The molecule has 84 valence electrons. The Bertz CT molecular complexity index is 263. The molecule has 1 fully saturated rings. The van der Waals surface area contributed by atoms with Gasteiger partial charge in [0.05, 0.1) is 12.4 Å². The molecule has 0 unspecified atom stereocenters. The molecule has 0 aromatic heterocycles. The van der Waals surface area contributed by atoms with E-state index in [0.29, 0.717) is 13.0 Å². The van der Waals surface area contributed by atoms with Crippen LogP contribution in [0.25, 0.3) is 0 Å². The maximum atomic E-state index is 11.8. The van der Waals surface area contributed by atoms with Gasteiger partial charge in [0.2, 0.25) is 10.0 Å². The summed E-state index contributed by atoms with van der Waals surface area (Å²) in [4.78, 5) is 0. The van der Waals surface area contributed by atoms with E-state index in [2.05, 4.69) is 0 Å². The molecule has 4 nitrogen and oxygen atoms in total. The zero-order chi connectivity index (χ0) is 10.6. The topological polar surface area (TPSA) is 57.6 Å². The largest absolute Gasteiger partial charge is 0.395 e. The van der Waals surface area contributed by atoms with Crippen molar-refractivity contribution >= 4 is 10.0 Å². The molecule has 0 saturated carbocycles. The van der Waals surface area contributed by atoms with Crippen LogP contribution >= 0.6 is 0 Å². The van der Waals surface area contributed by atoms with Crippen molar-refractivity contribution in [3.05, 3.63) is 0 Å². The number of unbranched alkanes of at least 4 members (excludes halogenated alkanes) is 1. The molecule has 5 heteroatoms. The second-order valence-corrected chi connectivity index (χ2v) is 5.80. The molecule has 1 saturated heterocycles. The number of aliphatic hydroxyl groups excluding tert-OH is 1. The minimum atomic E-state index is -3.11. The molecule has 0 spiro atoms. The van der Waals surface area contributed by atoms with Gasteiger partial charge in [0.25, 0.3) is 0 Å². The van der Waals surface area contributed by atoms with E-state index in [9.17, 15) is 8.42 Å². The SMILES string of the molecule is CCCCS(=O)(=O)N1CCC[C@@H]1CO. The third-order valence-corrected chi connectivity index (χ3v) is 4.65. The minimum absolute atomic E-state index is 0.0502. The van der Waals surface area contributed by atoms with Crippen molar-refractivity contribution in [3.63, 3.8) is 0 Å². The standard InChI is InChI=1S/C9H19NO3S/c1-2-3-7-14(12,13)10-6-4-5-9(10)8-11/h9,11H,2-8H2,1H3/t9-/m1/s1. The first kappa shape index (κ1) is 11.9. The van der Waals surface area contributed by atoms with Gasteiger partial charge in [-0.15, -0.1) is 0 Å². The highest BCUT2D eigenvalue weighted by molar-refractivity contribution is 7.89. The Kier molecular flexibility index (Phi) is 4.34. The number of nitrogens with zero attached hydrogens (tertiary/aromatic N) is 1. The second-order valence-electron chi connectivity index (χ2n) is 3.76. The lowest BCUT2D eigenvalue weighted by Gasteiger charge is -2.22. The van der Waals surface area contributed by atoms with Crippen LogP contribution in [0.1, 0.15) is 32.6 Å². The van der Waals surface area contributed by atoms with Crippen LogP contribution in [0.4, 0.5) is 0 Å². The van der Waals surface area contributed by atoms with E-state index in [-0.39, 0.29) is 18.4 Å². The van der Waals surface area contributed by atoms with E-state index in [0.717, 1.165) is 19.3 Å². The number of hydrogen-bond donors (Lipinski definition) is 1. The van der Waals surface area contributed by atoms with Crippen molar-refractivity contribution in [2.45, 2.75) is 38.6 Å². The summed E-state index contributed by atoms with van der Waals surface area (Å²) in [5.41, 5.74) is 0. The Labute approximate surface area is 86.0 Å². The highest BCUT2D eigenvalue weighted by atomic mass is 32.2. The Morgan fingerprint density at radius 3 is 2.79 bits per heavy atom. The third kappa shape index (κ3) is 2.68. The zero-order valence-electron chi connectivity index (χ0n) is 8.65. The first-order valence-corrected chi connectivity index (χ1v) is 6.83. The van der Waals surface area contributed by atoms with E-state index in [4.69, 9.17) is 5.11 Å². The molecule has 1 atom stereocenters. The van der Waals surface area contributed by atoms with Crippen molar-refractivity contribution in [2.75, 3.05) is 18.9 Å². The number of rotatable bonds is 5. The quantitative estimate of drug-likeness (QED) is 0.738. The molecule has 0 bridgehead atoms. The van der Waals surface area contributed by atoms with E-state index in [1.165, 1.54) is 4.31 Å². The van der Waals surface area contributed by atoms with Crippen LogP contribution in [-0.2, 0) is 10.0 Å². The Morgan fingerprint density at radius 2 is 2.21 bits per heavy atom. The molecule has 1 aliphatic heterocycles. The van der Waals surface area contributed by atoms with Gasteiger partial charge in [-0.3, -0.25) is 0 Å². The molecule has 0 aromatic carbocycles. The second kappa shape index (κ2) is 5.09. The normalized spacial score (nSPS) is 24.3. The van der Waals surface area contributed by atoms with Gasteiger partial charge >= 0.3 is 0 Å². The molecule has 1 rings (SSSR count). The van der Waals surface area contributed by atoms with Gasteiger partial charge in [0.15, 0.2) is 0 Å². The first-order valence-electron chi connectivity index (χ1n) is 5.22. The van der Waals surface area contributed by atoms with E-state index < -0.39 is 10.0 Å². The zero-order valence-corrected chi connectivity index (χ0v) is 9.46. The fraction of sp³-hybridized carbons (Fsp3) is 1.00. The number of sulfonamides is 1. The summed E-state index contributed by atoms with van der Waals surface area (Å²) in [7, 11) is -3.11. The summed E-state index contributed by atoms with van der Waals surface area (Å²) in [6.07, 6.45) is 3.26. The molecule has 1 heterocycles. The monoisotopic (exact) mass is 221 g/mol. The molecule has 14 heavy (non-hydrogen) atoms. The molecule has 1 N–H and O–H groups in total. The molecular weight excluding hydrogens is 202 g/mol. The lowest BCUT2D eigenvalue weighted by Crippen LogP contribution is -2.38. The predicted molar refractivity (Wildman–Crippen MR) is 55.5 cm³/mol. The summed E-state index contributed by atoms with van der Waals surface area (Å²) < 4.78 is 25.0. The molecule has 1 aliphatic rings.